The molecule has 0 saturated heterocycles. The molecule has 1 fully saturated rings. The molecule has 0 radical (unpaired) electrons. The van der Waals surface area contributed by atoms with Crippen LogP contribution in [0, 0.1) is 17.2 Å². The minimum atomic E-state index is -3.04. The van der Waals surface area contributed by atoms with E-state index in [2.05, 4.69) is 16.1 Å². The molecule has 1 atom stereocenters. The van der Waals surface area contributed by atoms with Crippen LogP contribution in [0.1, 0.15) is 30.1 Å². The predicted molar refractivity (Wildman–Crippen MR) is 84.8 cm³/mol. The SMILES string of the molecule is COc1cc(C(=O)OCC(=O)N[C@@](C)(C#N)C2CC2)ccc1OC(F)F. The third kappa shape index (κ3) is 4.81. The van der Waals surface area contributed by atoms with Crippen molar-refractivity contribution in [2.24, 2.45) is 5.92 Å². The number of ether oxygens (including phenoxy) is 3. The summed E-state index contributed by atoms with van der Waals surface area (Å²) < 4.78 is 38.6. The topological polar surface area (TPSA) is 97.6 Å². The van der Waals surface area contributed by atoms with Crippen LogP contribution >= 0.6 is 0 Å². The van der Waals surface area contributed by atoms with Crippen LogP contribution in [-0.4, -0.2) is 37.7 Å². The highest BCUT2D eigenvalue weighted by atomic mass is 19.3. The molecule has 1 N–H and O–H groups in total. The molecule has 0 spiro atoms. The van der Waals surface area contributed by atoms with Gasteiger partial charge in [-0.05, 0) is 43.9 Å². The molecule has 1 aromatic carbocycles. The van der Waals surface area contributed by atoms with Crippen molar-refractivity contribution in [1.29, 1.82) is 5.26 Å². The van der Waals surface area contributed by atoms with Gasteiger partial charge in [0.1, 0.15) is 5.54 Å². The van der Waals surface area contributed by atoms with Crippen LogP contribution in [0.4, 0.5) is 8.78 Å². The molecule has 2 rings (SSSR count). The van der Waals surface area contributed by atoms with Crippen molar-refractivity contribution in [3.05, 3.63) is 23.8 Å². The summed E-state index contributed by atoms with van der Waals surface area (Å²) in [4.78, 5) is 23.9. The molecule has 0 aliphatic heterocycles. The smallest absolute Gasteiger partial charge is 0.387 e. The molecule has 1 aromatic rings. The second-order valence-electron chi connectivity index (χ2n) is 5.96. The second-order valence-corrected chi connectivity index (χ2v) is 5.96. The molecule has 9 heteroatoms. The van der Waals surface area contributed by atoms with E-state index in [0.29, 0.717) is 0 Å². The van der Waals surface area contributed by atoms with Gasteiger partial charge in [0, 0.05) is 0 Å². The number of carbonyl (C=O) groups excluding carboxylic acids is 2. The van der Waals surface area contributed by atoms with E-state index < -0.39 is 30.6 Å². The lowest BCUT2D eigenvalue weighted by Gasteiger charge is -2.22. The Labute approximate surface area is 148 Å². The Hall–Kier alpha value is -2.89. The molecule has 0 aromatic heterocycles. The molecule has 1 saturated carbocycles. The van der Waals surface area contributed by atoms with Gasteiger partial charge in [-0.25, -0.2) is 4.79 Å². The van der Waals surface area contributed by atoms with Crippen molar-refractivity contribution in [3.63, 3.8) is 0 Å². The van der Waals surface area contributed by atoms with Crippen LogP contribution in [0.3, 0.4) is 0 Å². The lowest BCUT2D eigenvalue weighted by molar-refractivity contribution is -0.125. The summed E-state index contributed by atoms with van der Waals surface area (Å²) in [6.07, 6.45) is 1.72. The van der Waals surface area contributed by atoms with Crippen LogP contribution in [0.2, 0.25) is 0 Å². The Bertz CT molecular complexity index is 730. The fraction of sp³-hybridized carbons (Fsp3) is 0.471. The number of carbonyl (C=O) groups is 2. The Balaban J connectivity index is 1.95. The number of rotatable bonds is 8. The van der Waals surface area contributed by atoms with Gasteiger partial charge in [0.05, 0.1) is 18.7 Å². The van der Waals surface area contributed by atoms with E-state index in [0.717, 1.165) is 18.9 Å². The number of methoxy groups -OCH3 is 1. The maximum Gasteiger partial charge on any atom is 0.387 e. The van der Waals surface area contributed by atoms with Gasteiger partial charge in [-0.2, -0.15) is 14.0 Å². The maximum absolute atomic E-state index is 12.3. The zero-order valence-corrected chi connectivity index (χ0v) is 14.3. The fourth-order valence-corrected chi connectivity index (χ4v) is 2.41. The summed E-state index contributed by atoms with van der Waals surface area (Å²) in [5, 5.41) is 11.8. The summed E-state index contributed by atoms with van der Waals surface area (Å²) in [6, 6.07) is 5.58. The summed E-state index contributed by atoms with van der Waals surface area (Å²) in [5.74, 6) is -1.65. The van der Waals surface area contributed by atoms with Crippen molar-refractivity contribution in [1.82, 2.24) is 5.32 Å². The average Bonchev–Trinajstić information content (AvgIpc) is 3.45. The van der Waals surface area contributed by atoms with Crippen LogP contribution < -0.4 is 14.8 Å². The lowest BCUT2D eigenvalue weighted by atomic mass is 9.98. The summed E-state index contributed by atoms with van der Waals surface area (Å²) in [6.45, 7) is -1.98. The first-order valence-corrected chi connectivity index (χ1v) is 7.81. The van der Waals surface area contributed by atoms with Gasteiger partial charge in [0.2, 0.25) is 0 Å². The Kier molecular flexibility index (Phi) is 5.97. The lowest BCUT2D eigenvalue weighted by Crippen LogP contribution is -2.48. The number of esters is 1. The molecule has 1 aliphatic rings. The number of alkyl halides is 2. The van der Waals surface area contributed by atoms with Crippen molar-refractivity contribution < 1.29 is 32.6 Å². The number of nitriles is 1. The molecule has 26 heavy (non-hydrogen) atoms. The molecule has 0 heterocycles. The van der Waals surface area contributed by atoms with E-state index in [9.17, 15) is 23.6 Å². The Morgan fingerprint density at radius 1 is 1.38 bits per heavy atom. The zero-order valence-electron chi connectivity index (χ0n) is 14.3. The van der Waals surface area contributed by atoms with Gasteiger partial charge in [-0.3, -0.25) is 4.79 Å². The van der Waals surface area contributed by atoms with E-state index in [-0.39, 0.29) is 23.0 Å². The van der Waals surface area contributed by atoms with Gasteiger partial charge in [-0.1, -0.05) is 0 Å². The van der Waals surface area contributed by atoms with Crippen LogP contribution in [0.25, 0.3) is 0 Å². The minimum absolute atomic E-state index is 0.00139. The number of hydrogen-bond acceptors (Lipinski definition) is 6. The van der Waals surface area contributed by atoms with Gasteiger partial charge in [0.25, 0.3) is 5.91 Å². The van der Waals surface area contributed by atoms with Crippen LogP contribution in [0.15, 0.2) is 18.2 Å². The van der Waals surface area contributed by atoms with Crippen molar-refractivity contribution in [3.8, 4) is 17.6 Å². The highest BCUT2D eigenvalue weighted by Gasteiger charge is 2.43. The molecular formula is C17H18F2N2O5. The molecule has 0 bridgehead atoms. The van der Waals surface area contributed by atoms with Gasteiger partial charge in [-0.15, -0.1) is 0 Å². The monoisotopic (exact) mass is 368 g/mol. The van der Waals surface area contributed by atoms with E-state index in [1.54, 1.807) is 6.92 Å². The largest absolute Gasteiger partial charge is 0.493 e. The number of amides is 1. The number of nitrogens with one attached hydrogen (secondary N) is 1. The average molecular weight is 368 g/mol. The summed E-state index contributed by atoms with van der Waals surface area (Å²) in [5.41, 5.74) is -0.984. The molecular weight excluding hydrogens is 350 g/mol. The number of hydrogen-bond donors (Lipinski definition) is 1. The molecule has 140 valence electrons. The van der Waals surface area contributed by atoms with E-state index in [4.69, 9.17) is 9.47 Å². The summed E-state index contributed by atoms with van der Waals surface area (Å²) in [7, 11) is 1.23. The summed E-state index contributed by atoms with van der Waals surface area (Å²) >= 11 is 0. The molecule has 1 aliphatic carbocycles. The molecule has 0 unspecified atom stereocenters. The number of halogens is 2. The van der Waals surface area contributed by atoms with Gasteiger partial charge in [0.15, 0.2) is 18.1 Å². The second kappa shape index (κ2) is 7.99. The first-order valence-electron chi connectivity index (χ1n) is 7.81. The van der Waals surface area contributed by atoms with Crippen LogP contribution in [0.5, 0.6) is 11.5 Å². The van der Waals surface area contributed by atoms with Crippen molar-refractivity contribution >= 4 is 11.9 Å². The normalized spacial score (nSPS) is 15.5. The van der Waals surface area contributed by atoms with E-state index in [1.165, 1.54) is 19.2 Å². The number of benzene rings is 1. The molecule has 1 amide bonds. The highest BCUT2D eigenvalue weighted by molar-refractivity contribution is 5.92. The van der Waals surface area contributed by atoms with Gasteiger partial charge < -0.3 is 19.5 Å². The number of nitrogens with zero attached hydrogens (tertiary/aromatic N) is 1. The minimum Gasteiger partial charge on any atom is -0.493 e. The fourth-order valence-electron chi connectivity index (χ4n) is 2.41. The first-order chi connectivity index (χ1) is 12.3. The van der Waals surface area contributed by atoms with E-state index >= 15 is 0 Å². The highest BCUT2D eigenvalue weighted by Crippen LogP contribution is 2.39. The Morgan fingerprint density at radius 3 is 2.62 bits per heavy atom. The third-order valence-corrected chi connectivity index (χ3v) is 3.97. The predicted octanol–water partition coefficient (Wildman–Crippen LogP) is 2.26. The van der Waals surface area contributed by atoms with E-state index in [1.807, 2.05) is 0 Å². The van der Waals surface area contributed by atoms with Crippen LogP contribution in [-0.2, 0) is 9.53 Å². The maximum atomic E-state index is 12.3. The van der Waals surface area contributed by atoms with Gasteiger partial charge >= 0.3 is 12.6 Å². The van der Waals surface area contributed by atoms with Crippen molar-refractivity contribution in [2.45, 2.75) is 31.9 Å². The molecule has 7 nitrogen and oxygen atoms in total. The first kappa shape index (κ1) is 19.4. The zero-order chi connectivity index (χ0) is 19.3. The Morgan fingerprint density at radius 2 is 2.08 bits per heavy atom. The standard InChI is InChI=1S/C17H18F2N2O5/c1-17(9-20,11-4-5-11)21-14(22)8-25-15(23)10-3-6-12(26-16(18)19)13(7-10)24-2/h3,6-7,11,16H,4-5,8H2,1-2H3,(H,21,22)/t17-/m0/s1. The quantitative estimate of drug-likeness (QED) is 0.707. The van der Waals surface area contributed by atoms with Crippen molar-refractivity contribution in [2.75, 3.05) is 13.7 Å². The third-order valence-electron chi connectivity index (χ3n) is 3.97.